The summed E-state index contributed by atoms with van der Waals surface area (Å²) >= 11 is 13.5. The summed E-state index contributed by atoms with van der Waals surface area (Å²) in [6.45, 7) is 0.398. The fraction of sp³-hybridized carbons (Fsp3) is 0.500. The van der Waals surface area contributed by atoms with Crippen LogP contribution < -0.4 is 10.5 Å². The van der Waals surface area contributed by atoms with Crippen molar-refractivity contribution in [3.05, 3.63) is 22.2 Å². The molecule has 1 aromatic rings. The highest BCUT2D eigenvalue weighted by Crippen LogP contribution is 2.42. The average molecular weight is 355 g/mol. The molecule has 8 heteroatoms. The lowest BCUT2D eigenvalue weighted by atomic mass is 9.84. The van der Waals surface area contributed by atoms with Gasteiger partial charge in [-0.2, -0.15) is 11.8 Å². The van der Waals surface area contributed by atoms with E-state index < -0.39 is 10.0 Å². The Morgan fingerprint density at radius 2 is 2.05 bits per heavy atom. The van der Waals surface area contributed by atoms with Crippen LogP contribution in [0.15, 0.2) is 17.0 Å². The molecule has 20 heavy (non-hydrogen) atoms. The van der Waals surface area contributed by atoms with Crippen molar-refractivity contribution in [1.29, 1.82) is 0 Å². The molecule has 0 spiro atoms. The number of hydrogen-bond acceptors (Lipinski definition) is 4. The number of nitrogen functional groups attached to an aromatic ring is 1. The number of benzene rings is 1. The van der Waals surface area contributed by atoms with Gasteiger partial charge in [0, 0.05) is 11.3 Å². The molecular formula is C12H16Cl2N2O2S2. The Kier molecular flexibility index (Phi) is 4.81. The predicted molar refractivity (Wildman–Crippen MR) is 86.2 cm³/mol. The molecular weight excluding hydrogens is 339 g/mol. The van der Waals surface area contributed by atoms with E-state index in [1.165, 1.54) is 12.1 Å². The van der Waals surface area contributed by atoms with Gasteiger partial charge in [0.2, 0.25) is 10.0 Å². The van der Waals surface area contributed by atoms with E-state index in [0.29, 0.717) is 6.54 Å². The minimum absolute atomic E-state index is 0.0114. The number of halogens is 2. The maximum absolute atomic E-state index is 12.3. The minimum Gasteiger partial charge on any atom is -0.396 e. The predicted octanol–water partition coefficient (Wildman–Crippen LogP) is 3.14. The molecule has 3 N–H and O–H groups in total. The van der Waals surface area contributed by atoms with Gasteiger partial charge in [-0.25, -0.2) is 13.1 Å². The highest BCUT2D eigenvalue weighted by atomic mass is 35.5. The van der Waals surface area contributed by atoms with Crippen LogP contribution in [0.2, 0.25) is 10.0 Å². The lowest BCUT2D eigenvalue weighted by molar-refractivity contribution is 0.362. The summed E-state index contributed by atoms with van der Waals surface area (Å²) in [5.74, 6) is 0. The molecule has 0 aliphatic heterocycles. The number of hydrogen-bond donors (Lipinski definition) is 2. The normalized spacial score (nSPS) is 17.8. The lowest BCUT2D eigenvalue weighted by Crippen LogP contribution is -2.45. The zero-order chi connectivity index (χ0) is 15.0. The van der Waals surface area contributed by atoms with Gasteiger partial charge in [-0.3, -0.25) is 0 Å². The second-order valence-corrected chi connectivity index (χ2v) is 8.63. The highest BCUT2D eigenvalue weighted by Gasteiger charge is 2.37. The molecule has 1 fully saturated rings. The first-order chi connectivity index (χ1) is 9.31. The number of nitrogens with two attached hydrogens (primary N) is 1. The van der Waals surface area contributed by atoms with Gasteiger partial charge in [0.15, 0.2) is 0 Å². The maximum atomic E-state index is 12.3. The average Bonchev–Trinajstić information content (AvgIpc) is 2.35. The standard InChI is InChI=1S/C12H16Cl2N2O2S2/c1-19-12(5-2-6-12)7-16-20(17,18)9-4-3-8(13)11(15)10(9)14/h3-4,16H,2,5-7,15H2,1H3. The van der Waals surface area contributed by atoms with Gasteiger partial charge in [-0.15, -0.1) is 0 Å². The molecule has 0 radical (unpaired) electrons. The maximum Gasteiger partial charge on any atom is 0.242 e. The van der Waals surface area contributed by atoms with Gasteiger partial charge >= 0.3 is 0 Å². The van der Waals surface area contributed by atoms with Crippen LogP contribution in [0.3, 0.4) is 0 Å². The molecule has 1 aromatic carbocycles. The van der Waals surface area contributed by atoms with E-state index in [9.17, 15) is 8.42 Å². The van der Waals surface area contributed by atoms with Crippen molar-refractivity contribution in [3.8, 4) is 0 Å². The van der Waals surface area contributed by atoms with Crippen LogP contribution >= 0.6 is 35.0 Å². The van der Waals surface area contributed by atoms with Crippen molar-refractivity contribution in [2.24, 2.45) is 0 Å². The Morgan fingerprint density at radius 3 is 2.55 bits per heavy atom. The zero-order valence-electron chi connectivity index (χ0n) is 10.9. The zero-order valence-corrected chi connectivity index (χ0v) is 14.1. The molecule has 0 unspecified atom stereocenters. The van der Waals surface area contributed by atoms with Crippen LogP contribution in [0.5, 0.6) is 0 Å². The first-order valence-corrected chi connectivity index (χ1v) is 9.56. The van der Waals surface area contributed by atoms with E-state index >= 15 is 0 Å². The van der Waals surface area contributed by atoms with E-state index in [-0.39, 0.29) is 25.4 Å². The molecule has 1 saturated carbocycles. The molecule has 0 saturated heterocycles. The van der Waals surface area contributed by atoms with Crippen LogP contribution in [-0.2, 0) is 10.0 Å². The summed E-state index contributed by atoms with van der Waals surface area (Å²) in [5, 5.41) is 0.213. The van der Waals surface area contributed by atoms with E-state index in [1.807, 2.05) is 6.26 Å². The van der Waals surface area contributed by atoms with Crippen molar-refractivity contribution >= 4 is 50.7 Å². The fourth-order valence-corrected chi connectivity index (χ4v) is 4.98. The van der Waals surface area contributed by atoms with E-state index in [1.54, 1.807) is 11.8 Å². The van der Waals surface area contributed by atoms with Crippen molar-refractivity contribution in [3.63, 3.8) is 0 Å². The van der Waals surface area contributed by atoms with Crippen molar-refractivity contribution in [2.75, 3.05) is 18.5 Å². The van der Waals surface area contributed by atoms with Crippen LogP contribution in [0.1, 0.15) is 19.3 Å². The van der Waals surface area contributed by atoms with Gasteiger partial charge in [0.1, 0.15) is 4.90 Å². The molecule has 4 nitrogen and oxygen atoms in total. The second-order valence-electron chi connectivity index (χ2n) is 4.84. The van der Waals surface area contributed by atoms with Gasteiger partial charge in [-0.1, -0.05) is 29.6 Å². The number of anilines is 1. The van der Waals surface area contributed by atoms with E-state index in [2.05, 4.69) is 4.72 Å². The Labute approximate surface area is 133 Å². The first kappa shape index (κ1) is 16.2. The van der Waals surface area contributed by atoms with Crippen LogP contribution in [0, 0.1) is 0 Å². The second kappa shape index (κ2) is 5.93. The molecule has 1 aliphatic rings. The Bertz CT molecular complexity index is 611. The summed E-state index contributed by atoms with van der Waals surface area (Å²) < 4.78 is 27.3. The molecule has 1 aliphatic carbocycles. The van der Waals surface area contributed by atoms with Crippen molar-refractivity contribution < 1.29 is 8.42 Å². The molecule has 0 aromatic heterocycles. The van der Waals surface area contributed by atoms with Crippen LogP contribution in [0.25, 0.3) is 0 Å². The third kappa shape index (κ3) is 3.04. The Hall–Kier alpha value is -0.140. The van der Waals surface area contributed by atoms with Crippen LogP contribution in [-0.4, -0.2) is 26.0 Å². The van der Waals surface area contributed by atoms with Gasteiger partial charge in [0.25, 0.3) is 0 Å². The lowest BCUT2D eigenvalue weighted by Gasteiger charge is -2.40. The monoisotopic (exact) mass is 354 g/mol. The van der Waals surface area contributed by atoms with Gasteiger partial charge < -0.3 is 5.73 Å². The molecule has 2 rings (SSSR count). The number of nitrogens with one attached hydrogen (secondary N) is 1. The highest BCUT2D eigenvalue weighted by molar-refractivity contribution is 8.00. The molecule has 0 amide bonds. The molecule has 0 atom stereocenters. The minimum atomic E-state index is -3.68. The Balaban J connectivity index is 2.21. The summed E-state index contributed by atoms with van der Waals surface area (Å²) in [6, 6.07) is 2.81. The number of sulfonamides is 1. The van der Waals surface area contributed by atoms with Gasteiger partial charge in [0.05, 0.1) is 15.7 Å². The largest absolute Gasteiger partial charge is 0.396 e. The van der Waals surface area contributed by atoms with E-state index in [0.717, 1.165) is 19.3 Å². The van der Waals surface area contributed by atoms with E-state index in [4.69, 9.17) is 28.9 Å². The number of thioether (sulfide) groups is 1. The van der Waals surface area contributed by atoms with Gasteiger partial charge in [-0.05, 0) is 31.2 Å². The first-order valence-electron chi connectivity index (χ1n) is 6.10. The summed E-state index contributed by atoms with van der Waals surface area (Å²) in [6.07, 6.45) is 5.18. The topological polar surface area (TPSA) is 72.2 Å². The summed E-state index contributed by atoms with van der Waals surface area (Å²) in [5.41, 5.74) is 5.75. The molecule has 112 valence electrons. The molecule has 0 bridgehead atoms. The molecule has 0 heterocycles. The third-order valence-electron chi connectivity index (χ3n) is 3.66. The number of rotatable bonds is 5. The summed E-state index contributed by atoms with van der Waals surface area (Å²) in [4.78, 5) is -0.0309. The Morgan fingerprint density at radius 1 is 1.40 bits per heavy atom. The quantitative estimate of drug-likeness (QED) is 0.796. The van der Waals surface area contributed by atoms with Crippen molar-refractivity contribution in [1.82, 2.24) is 4.72 Å². The van der Waals surface area contributed by atoms with Crippen LogP contribution in [0.4, 0.5) is 5.69 Å². The van der Waals surface area contributed by atoms with Crippen molar-refractivity contribution in [2.45, 2.75) is 28.9 Å². The smallest absolute Gasteiger partial charge is 0.242 e. The fourth-order valence-electron chi connectivity index (χ4n) is 2.09. The summed E-state index contributed by atoms with van der Waals surface area (Å²) in [7, 11) is -3.68. The SMILES string of the molecule is CSC1(CNS(=O)(=O)c2ccc(Cl)c(N)c2Cl)CCC1. The third-order valence-corrected chi connectivity index (χ3v) is 7.37.